The fourth-order valence-electron chi connectivity index (χ4n) is 2.81. The minimum atomic E-state index is 0.179. The Morgan fingerprint density at radius 3 is 2.55 bits per heavy atom. The molecule has 0 aromatic heterocycles. The van der Waals surface area contributed by atoms with Crippen molar-refractivity contribution in [3.05, 3.63) is 34.3 Å². The first kappa shape index (κ1) is 14.1. The van der Waals surface area contributed by atoms with Crippen molar-refractivity contribution in [1.29, 1.82) is 0 Å². The van der Waals surface area contributed by atoms with Gasteiger partial charge in [-0.25, -0.2) is 0 Å². The first-order chi connectivity index (χ1) is 9.72. The lowest BCUT2D eigenvalue weighted by Crippen LogP contribution is -2.42. The second kappa shape index (κ2) is 6.27. The van der Waals surface area contributed by atoms with E-state index in [0.717, 1.165) is 35.6 Å². The largest absolute Gasteiger partial charge is 0.337 e. The summed E-state index contributed by atoms with van der Waals surface area (Å²) < 4.78 is 1.01. The van der Waals surface area contributed by atoms with Crippen LogP contribution in [0.1, 0.15) is 36.0 Å². The molecule has 1 saturated heterocycles. The summed E-state index contributed by atoms with van der Waals surface area (Å²) in [4.78, 5) is 14.7. The minimum Gasteiger partial charge on any atom is -0.337 e. The number of benzene rings is 1. The highest BCUT2D eigenvalue weighted by Gasteiger charge is 2.29. The van der Waals surface area contributed by atoms with E-state index in [4.69, 9.17) is 0 Å². The summed E-state index contributed by atoms with van der Waals surface area (Å²) >= 11 is 3.42. The summed E-state index contributed by atoms with van der Waals surface area (Å²) in [5.41, 5.74) is 0.798. The van der Waals surface area contributed by atoms with Gasteiger partial charge in [-0.3, -0.25) is 4.79 Å². The number of amides is 1. The molecule has 1 amide bonds. The quantitative estimate of drug-likeness (QED) is 0.896. The van der Waals surface area contributed by atoms with Gasteiger partial charge in [0, 0.05) is 29.2 Å². The first-order valence-corrected chi connectivity index (χ1v) is 8.30. The van der Waals surface area contributed by atoms with Gasteiger partial charge in [0.05, 0.1) is 0 Å². The summed E-state index contributed by atoms with van der Waals surface area (Å²) in [6.45, 7) is 2.87. The fraction of sp³-hybridized carbons (Fsp3) is 0.562. The van der Waals surface area contributed by atoms with E-state index in [1.54, 1.807) is 0 Å². The molecule has 0 spiro atoms. The molecular formula is C16H21BrN2O. The molecule has 1 heterocycles. The van der Waals surface area contributed by atoms with Crippen LogP contribution in [0.2, 0.25) is 0 Å². The molecule has 1 unspecified atom stereocenters. The number of rotatable bonds is 5. The zero-order valence-corrected chi connectivity index (χ0v) is 13.2. The van der Waals surface area contributed by atoms with Crippen LogP contribution in [0.4, 0.5) is 0 Å². The van der Waals surface area contributed by atoms with Crippen LogP contribution < -0.4 is 5.32 Å². The number of hydrogen-bond acceptors (Lipinski definition) is 2. The third kappa shape index (κ3) is 3.61. The molecule has 1 aromatic rings. The Hall–Kier alpha value is -0.870. The molecule has 1 aromatic carbocycles. The molecule has 3 rings (SSSR count). The molecule has 1 aliphatic carbocycles. The summed E-state index contributed by atoms with van der Waals surface area (Å²) in [5.74, 6) is 0.911. The Labute approximate surface area is 128 Å². The summed E-state index contributed by atoms with van der Waals surface area (Å²) in [6, 6.07) is 8.18. The van der Waals surface area contributed by atoms with Crippen molar-refractivity contribution in [2.75, 3.05) is 19.6 Å². The van der Waals surface area contributed by atoms with Crippen LogP contribution in [0.5, 0.6) is 0 Å². The Balaban J connectivity index is 1.69. The van der Waals surface area contributed by atoms with Crippen molar-refractivity contribution in [2.45, 2.75) is 31.7 Å². The van der Waals surface area contributed by atoms with Gasteiger partial charge in [-0.1, -0.05) is 15.9 Å². The predicted octanol–water partition coefficient (Wildman–Crippen LogP) is 3.05. The average Bonchev–Trinajstić information content (AvgIpc) is 3.12. The fourth-order valence-corrected chi connectivity index (χ4v) is 3.07. The second-order valence-corrected chi connectivity index (χ2v) is 6.87. The van der Waals surface area contributed by atoms with Crippen molar-refractivity contribution < 1.29 is 4.79 Å². The van der Waals surface area contributed by atoms with E-state index in [1.165, 1.54) is 25.7 Å². The summed E-state index contributed by atoms with van der Waals surface area (Å²) in [7, 11) is 0. The number of carbonyl (C=O) groups excluding carboxylic acids is 1. The summed E-state index contributed by atoms with van der Waals surface area (Å²) in [6.07, 6.45) is 4.98. The molecular weight excluding hydrogens is 316 g/mol. The summed E-state index contributed by atoms with van der Waals surface area (Å²) in [5, 5.41) is 3.49. The number of nitrogens with one attached hydrogen (secondary N) is 1. The normalized spacial score (nSPS) is 21.9. The topological polar surface area (TPSA) is 32.3 Å². The highest BCUT2D eigenvalue weighted by atomic mass is 79.9. The maximum Gasteiger partial charge on any atom is 0.253 e. The van der Waals surface area contributed by atoms with Gasteiger partial charge in [-0.15, -0.1) is 0 Å². The maximum atomic E-state index is 12.7. The molecule has 1 saturated carbocycles. The molecule has 0 bridgehead atoms. The molecule has 1 aliphatic heterocycles. The second-order valence-electron chi connectivity index (χ2n) is 5.95. The van der Waals surface area contributed by atoms with Crippen molar-refractivity contribution in [1.82, 2.24) is 10.2 Å². The Kier molecular flexibility index (Phi) is 4.41. The van der Waals surface area contributed by atoms with Crippen LogP contribution in [-0.2, 0) is 0 Å². The van der Waals surface area contributed by atoms with Gasteiger partial charge < -0.3 is 10.2 Å². The van der Waals surface area contributed by atoms with E-state index in [9.17, 15) is 4.79 Å². The first-order valence-electron chi connectivity index (χ1n) is 7.50. The Morgan fingerprint density at radius 1 is 1.20 bits per heavy atom. The number of nitrogens with zero attached hydrogens (tertiary/aromatic N) is 1. The standard InChI is InChI=1S/C16H21BrN2O/c17-14-7-5-13(6-8-14)16(20)19(10-12-3-4-12)11-15-2-1-9-18-15/h5-8,12,15,18H,1-4,9-11H2. The van der Waals surface area contributed by atoms with Crippen LogP contribution in [-0.4, -0.2) is 36.5 Å². The van der Waals surface area contributed by atoms with Crippen LogP contribution in [0, 0.1) is 5.92 Å². The number of carbonyl (C=O) groups is 1. The highest BCUT2D eigenvalue weighted by Crippen LogP contribution is 2.30. The predicted molar refractivity (Wildman–Crippen MR) is 83.8 cm³/mol. The smallest absolute Gasteiger partial charge is 0.253 e. The van der Waals surface area contributed by atoms with Crippen LogP contribution in [0.25, 0.3) is 0 Å². The molecule has 2 aliphatic rings. The maximum absolute atomic E-state index is 12.7. The van der Waals surface area contributed by atoms with Crippen molar-refractivity contribution in [3.63, 3.8) is 0 Å². The molecule has 108 valence electrons. The van der Waals surface area contributed by atoms with Crippen molar-refractivity contribution in [2.24, 2.45) is 5.92 Å². The molecule has 2 fully saturated rings. The van der Waals surface area contributed by atoms with E-state index in [1.807, 2.05) is 24.3 Å². The Morgan fingerprint density at radius 2 is 1.95 bits per heavy atom. The van der Waals surface area contributed by atoms with E-state index in [2.05, 4.69) is 26.1 Å². The molecule has 20 heavy (non-hydrogen) atoms. The SMILES string of the molecule is O=C(c1ccc(Br)cc1)N(CC1CC1)CC1CCCN1. The molecule has 4 heteroatoms. The van der Waals surface area contributed by atoms with Gasteiger partial charge in [-0.05, 0) is 62.4 Å². The van der Waals surface area contributed by atoms with E-state index >= 15 is 0 Å². The van der Waals surface area contributed by atoms with Crippen molar-refractivity contribution >= 4 is 21.8 Å². The Bertz CT molecular complexity index is 464. The lowest BCUT2D eigenvalue weighted by molar-refractivity contribution is 0.0733. The average molecular weight is 337 g/mol. The molecule has 3 nitrogen and oxygen atoms in total. The van der Waals surface area contributed by atoms with Gasteiger partial charge in [0.2, 0.25) is 0 Å². The zero-order valence-electron chi connectivity index (χ0n) is 11.6. The van der Waals surface area contributed by atoms with E-state index in [0.29, 0.717) is 6.04 Å². The van der Waals surface area contributed by atoms with Gasteiger partial charge in [0.1, 0.15) is 0 Å². The molecule has 1 atom stereocenters. The van der Waals surface area contributed by atoms with Gasteiger partial charge >= 0.3 is 0 Å². The van der Waals surface area contributed by atoms with Gasteiger partial charge in [0.15, 0.2) is 0 Å². The van der Waals surface area contributed by atoms with E-state index in [-0.39, 0.29) is 5.91 Å². The van der Waals surface area contributed by atoms with Crippen molar-refractivity contribution in [3.8, 4) is 0 Å². The zero-order chi connectivity index (χ0) is 13.9. The van der Waals surface area contributed by atoms with Crippen LogP contribution in [0.15, 0.2) is 28.7 Å². The third-order valence-corrected chi connectivity index (χ3v) is 4.69. The lowest BCUT2D eigenvalue weighted by atomic mass is 10.1. The monoisotopic (exact) mass is 336 g/mol. The molecule has 0 radical (unpaired) electrons. The van der Waals surface area contributed by atoms with Crippen LogP contribution in [0.3, 0.4) is 0 Å². The lowest BCUT2D eigenvalue weighted by Gasteiger charge is -2.26. The third-order valence-electron chi connectivity index (χ3n) is 4.16. The van der Waals surface area contributed by atoms with Gasteiger partial charge in [-0.2, -0.15) is 0 Å². The van der Waals surface area contributed by atoms with Gasteiger partial charge in [0.25, 0.3) is 5.91 Å². The number of hydrogen-bond donors (Lipinski definition) is 1. The number of halogens is 1. The highest BCUT2D eigenvalue weighted by molar-refractivity contribution is 9.10. The minimum absolute atomic E-state index is 0.179. The van der Waals surface area contributed by atoms with Crippen LogP contribution >= 0.6 is 15.9 Å². The van der Waals surface area contributed by atoms with E-state index < -0.39 is 0 Å². The molecule has 1 N–H and O–H groups in total.